The Labute approximate surface area is 112 Å². The smallest absolute Gasteiger partial charge is 0.328 e. The molecule has 0 radical (unpaired) electrons. The molecule has 5 heteroatoms. The van der Waals surface area contributed by atoms with Gasteiger partial charge in [0.05, 0.1) is 0 Å². The SMILES string of the molecule is C[C@H](NC(=O)c1cccc(O)c1)C(=O)OC(C)(C)C. The second-order valence-corrected chi connectivity index (χ2v) is 5.28. The molecule has 1 rings (SSSR count). The van der Waals surface area contributed by atoms with Crippen molar-refractivity contribution in [3.63, 3.8) is 0 Å². The Balaban J connectivity index is 2.64. The van der Waals surface area contributed by atoms with Gasteiger partial charge in [0.25, 0.3) is 5.91 Å². The zero-order valence-electron chi connectivity index (χ0n) is 11.6. The maximum Gasteiger partial charge on any atom is 0.328 e. The summed E-state index contributed by atoms with van der Waals surface area (Å²) in [6, 6.07) is 5.15. The molecule has 0 aliphatic carbocycles. The number of amides is 1. The van der Waals surface area contributed by atoms with Crippen molar-refractivity contribution in [2.24, 2.45) is 0 Å². The summed E-state index contributed by atoms with van der Waals surface area (Å²) in [5.41, 5.74) is -0.309. The van der Waals surface area contributed by atoms with E-state index in [1.54, 1.807) is 39.8 Å². The third-order valence-electron chi connectivity index (χ3n) is 2.22. The number of ether oxygens (including phenoxy) is 1. The largest absolute Gasteiger partial charge is 0.508 e. The number of hydrogen-bond acceptors (Lipinski definition) is 4. The summed E-state index contributed by atoms with van der Waals surface area (Å²) in [5.74, 6) is -0.937. The molecular formula is C14H19NO4. The van der Waals surface area contributed by atoms with Gasteiger partial charge in [-0.3, -0.25) is 4.79 Å². The quantitative estimate of drug-likeness (QED) is 0.818. The van der Waals surface area contributed by atoms with Crippen LogP contribution in [-0.4, -0.2) is 28.6 Å². The Hall–Kier alpha value is -2.04. The van der Waals surface area contributed by atoms with Crippen molar-refractivity contribution in [3.8, 4) is 5.75 Å². The monoisotopic (exact) mass is 265 g/mol. The maximum atomic E-state index is 11.8. The molecule has 19 heavy (non-hydrogen) atoms. The van der Waals surface area contributed by atoms with Gasteiger partial charge < -0.3 is 15.2 Å². The topological polar surface area (TPSA) is 75.6 Å². The summed E-state index contributed by atoms with van der Waals surface area (Å²) in [6.07, 6.45) is 0. The molecule has 0 fully saturated rings. The van der Waals surface area contributed by atoms with Crippen LogP contribution in [0.2, 0.25) is 0 Å². The number of carbonyl (C=O) groups is 2. The summed E-state index contributed by atoms with van der Waals surface area (Å²) in [4.78, 5) is 23.6. The van der Waals surface area contributed by atoms with Crippen LogP contribution >= 0.6 is 0 Å². The molecule has 2 N–H and O–H groups in total. The third-order valence-corrected chi connectivity index (χ3v) is 2.22. The number of phenols is 1. The predicted octanol–water partition coefficient (Wildman–Crippen LogP) is 1.85. The predicted molar refractivity (Wildman–Crippen MR) is 70.9 cm³/mol. The van der Waals surface area contributed by atoms with Gasteiger partial charge in [0.2, 0.25) is 0 Å². The summed E-state index contributed by atoms with van der Waals surface area (Å²) in [7, 11) is 0. The van der Waals surface area contributed by atoms with Crippen LogP contribution in [0.3, 0.4) is 0 Å². The van der Waals surface area contributed by atoms with E-state index >= 15 is 0 Å². The summed E-state index contributed by atoms with van der Waals surface area (Å²) < 4.78 is 5.16. The molecule has 0 heterocycles. The lowest BCUT2D eigenvalue weighted by Gasteiger charge is -2.22. The lowest BCUT2D eigenvalue weighted by Crippen LogP contribution is -2.42. The standard InChI is InChI=1S/C14H19NO4/c1-9(13(18)19-14(2,3)4)15-12(17)10-6-5-7-11(16)8-10/h5-9,16H,1-4H3,(H,15,17)/t9-/m0/s1. The van der Waals surface area contributed by atoms with E-state index in [1.807, 2.05) is 0 Å². The van der Waals surface area contributed by atoms with E-state index in [0.717, 1.165) is 0 Å². The van der Waals surface area contributed by atoms with Crippen LogP contribution in [0, 0.1) is 0 Å². The van der Waals surface area contributed by atoms with Crippen LogP contribution in [0.5, 0.6) is 5.75 Å². The fourth-order valence-electron chi connectivity index (χ4n) is 1.38. The molecular weight excluding hydrogens is 246 g/mol. The van der Waals surface area contributed by atoms with Crippen LogP contribution < -0.4 is 5.32 Å². The number of carbonyl (C=O) groups excluding carboxylic acids is 2. The fraction of sp³-hybridized carbons (Fsp3) is 0.429. The van der Waals surface area contributed by atoms with E-state index in [4.69, 9.17) is 4.74 Å². The Bertz CT molecular complexity index is 477. The van der Waals surface area contributed by atoms with E-state index < -0.39 is 23.5 Å². The van der Waals surface area contributed by atoms with Gasteiger partial charge in [0, 0.05) is 5.56 Å². The van der Waals surface area contributed by atoms with Crippen molar-refractivity contribution in [1.29, 1.82) is 0 Å². The molecule has 1 amide bonds. The molecule has 0 saturated carbocycles. The fourth-order valence-corrected chi connectivity index (χ4v) is 1.38. The first-order valence-electron chi connectivity index (χ1n) is 6.02. The zero-order valence-corrected chi connectivity index (χ0v) is 11.6. The highest BCUT2D eigenvalue weighted by atomic mass is 16.6. The molecule has 0 bridgehead atoms. The highest BCUT2D eigenvalue weighted by molar-refractivity contribution is 5.97. The number of benzene rings is 1. The van der Waals surface area contributed by atoms with Crippen molar-refractivity contribution in [3.05, 3.63) is 29.8 Å². The van der Waals surface area contributed by atoms with E-state index in [0.29, 0.717) is 0 Å². The van der Waals surface area contributed by atoms with E-state index in [-0.39, 0.29) is 11.3 Å². The summed E-state index contributed by atoms with van der Waals surface area (Å²) in [6.45, 7) is 6.83. The molecule has 104 valence electrons. The third kappa shape index (κ3) is 4.99. The van der Waals surface area contributed by atoms with Crippen molar-refractivity contribution in [2.45, 2.75) is 39.3 Å². The van der Waals surface area contributed by atoms with Crippen LogP contribution in [0.4, 0.5) is 0 Å². The molecule has 1 aromatic rings. The number of hydrogen-bond donors (Lipinski definition) is 2. The Kier molecular flexibility index (Phi) is 4.53. The first-order chi connectivity index (χ1) is 8.69. The number of esters is 1. The van der Waals surface area contributed by atoms with Crippen molar-refractivity contribution in [2.75, 3.05) is 0 Å². The zero-order chi connectivity index (χ0) is 14.6. The molecule has 1 atom stereocenters. The van der Waals surface area contributed by atoms with E-state index in [1.165, 1.54) is 12.1 Å². The molecule has 0 unspecified atom stereocenters. The highest BCUT2D eigenvalue weighted by Crippen LogP contribution is 2.12. The molecule has 0 aliphatic heterocycles. The minimum absolute atomic E-state index is 0.00225. The van der Waals surface area contributed by atoms with Gasteiger partial charge >= 0.3 is 5.97 Å². The molecule has 1 aromatic carbocycles. The molecule has 0 aromatic heterocycles. The lowest BCUT2D eigenvalue weighted by molar-refractivity contribution is -0.156. The average Bonchev–Trinajstić information content (AvgIpc) is 2.26. The number of phenolic OH excluding ortho intramolecular Hbond substituents is 1. The van der Waals surface area contributed by atoms with E-state index in [9.17, 15) is 14.7 Å². The minimum Gasteiger partial charge on any atom is -0.508 e. The second-order valence-electron chi connectivity index (χ2n) is 5.28. The summed E-state index contributed by atoms with van der Waals surface area (Å²) in [5, 5.41) is 11.8. The molecule has 5 nitrogen and oxygen atoms in total. The highest BCUT2D eigenvalue weighted by Gasteiger charge is 2.23. The Morgan fingerprint density at radius 1 is 1.32 bits per heavy atom. The van der Waals surface area contributed by atoms with Gasteiger partial charge in [-0.25, -0.2) is 4.79 Å². The van der Waals surface area contributed by atoms with Gasteiger partial charge in [-0.2, -0.15) is 0 Å². The number of rotatable bonds is 3. The molecule has 0 saturated heterocycles. The average molecular weight is 265 g/mol. The van der Waals surface area contributed by atoms with E-state index in [2.05, 4.69) is 5.32 Å². The van der Waals surface area contributed by atoms with Crippen molar-refractivity contribution in [1.82, 2.24) is 5.32 Å². The molecule has 0 spiro atoms. The van der Waals surface area contributed by atoms with Gasteiger partial charge in [-0.05, 0) is 45.9 Å². The van der Waals surface area contributed by atoms with Gasteiger partial charge in [0.1, 0.15) is 17.4 Å². The normalized spacial score (nSPS) is 12.6. The van der Waals surface area contributed by atoms with Crippen molar-refractivity contribution >= 4 is 11.9 Å². The second kappa shape index (κ2) is 5.73. The number of aromatic hydroxyl groups is 1. The minimum atomic E-state index is -0.755. The van der Waals surface area contributed by atoms with Crippen LogP contribution in [0.15, 0.2) is 24.3 Å². The first kappa shape index (κ1) is 15.0. The Morgan fingerprint density at radius 3 is 2.47 bits per heavy atom. The van der Waals surface area contributed by atoms with Crippen LogP contribution in [-0.2, 0) is 9.53 Å². The van der Waals surface area contributed by atoms with Crippen LogP contribution in [0.25, 0.3) is 0 Å². The summed E-state index contributed by atoms with van der Waals surface area (Å²) >= 11 is 0. The first-order valence-corrected chi connectivity index (χ1v) is 6.02. The van der Waals surface area contributed by atoms with Gasteiger partial charge in [-0.1, -0.05) is 6.07 Å². The van der Waals surface area contributed by atoms with Gasteiger partial charge in [0.15, 0.2) is 0 Å². The lowest BCUT2D eigenvalue weighted by atomic mass is 10.1. The Morgan fingerprint density at radius 2 is 1.95 bits per heavy atom. The van der Waals surface area contributed by atoms with Crippen LogP contribution in [0.1, 0.15) is 38.1 Å². The van der Waals surface area contributed by atoms with Gasteiger partial charge in [-0.15, -0.1) is 0 Å². The maximum absolute atomic E-state index is 11.8. The van der Waals surface area contributed by atoms with Crippen molar-refractivity contribution < 1.29 is 19.4 Å². The number of nitrogens with one attached hydrogen (secondary N) is 1. The molecule has 0 aliphatic rings.